The third-order valence-corrected chi connectivity index (χ3v) is 4.42. The SMILES string of the molecule is O=c1[nH]cnc(N(Cc2ccsc2)C2CC2)c1Br. The van der Waals surface area contributed by atoms with E-state index in [1.807, 2.05) is 0 Å². The number of halogens is 1. The highest BCUT2D eigenvalue weighted by molar-refractivity contribution is 9.10. The summed E-state index contributed by atoms with van der Waals surface area (Å²) in [6, 6.07) is 2.62. The van der Waals surface area contributed by atoms with Gasteiger partial charge in [0.05, 0.1) is 6.33 Å². The second kappa shape index (κ2) is 4.85. The van der Waals surface area contributed by atoms with Crippen molar-refractivity contribution in [3.63, 3.8) is 0 Å². The molecule has 0 saturated heterocycles. The fourth-order valence-electron chi connectivity index (χ4n) is 1.92. The van der Waals surface area contributed by atoms with E-state index in [1.165, 1.54) is 24.7 Å². The minimum atomic E-state index is -0.129. The van der Waals surface area contributed by atoms with Crippen LogP contribution in [0.2, 0.25) is 0 Å². The van der Waals surface area contributed by atoms with Crippen molar-refractivity contribution in [2.24, 2.45) is 0 Å². The molecule has 1 aliphatic rings. The van der Waals surface area contributed by atoms with Crippen LogP contribution in [0.3, 0.4) is 0 Å². The van der Waals surface area contributed by atoms with Crippen LogP contribution >= 0.6 is 27.3 Å². The summed E-state index contributed by atoms with van der Waals surface area (Å²) in [7, 11) is 0. The van der Waals surface area contributed by atoms with Gasteiger partial charge in [0, 0.05) is 12.6 Å². The van der Waals surface area contributed by atoms with E-state index < -0.39 is 0 Å². The highest BCUT2D eigenvalue weighted by Gasteiger charge is 2.31. The average molecular weight is 326 g/mol. The minimum absolute atomic E-state index is 0.129. The summed E-state index contributed by atoms with van der Waals surface area (Å²) in [5, 5.41) is 4.21. The summed E-state index contributed by atoms with van der Waals surface area (Å²) in [6.07, 6.45) is 3.81. The standard InChI is InChI=1S/C12H12BrN3OS/c13-10-11(14-7-15-12(10)17)16(9-1-2-9)5-8-3-4-18-6-8/h3-4,6-7,9H,1-2,5H2,(H,14,15,17). The second-order valence-corrected chi connectivity index (χ2v) is 5.93. The van der Waals surface area contributed by atoms with E-state index in [4.69, 9.17) is 0 Å². The van der Waals surface area contributed by atoms with Gasteiger partial charge in [0.25, 0.3) is 5.56 Å². The molecule has 1 aliphatic carbocycles. The Morgan fingerprint density at radius 1 is 1.56 bits per heavy atom. The summed E-state index contributed by atoms with van der Waals surface area (Å²) in [6.45, 7) is 0.809. The predicted molar refractivity (Wildman–Crippen MR) is 76.1 cm³/mol. The molecule has 2 aromatic heterocycles. The van der Waals surface area contributed by atoms with Crippen LogP contribution in [0.15, 0.2) is 32.4 Å². The van der Waals surface area contributed by atoms with Gasteiger partial charge in [-0.25, -0.2) is 4.98 Å². The third kappa shape index (κ3) is 2.35. The minimum Gasteiger partial charge on any atom is -0.348 e. The van der Waals surface area contributed by atoms with Crippen molar-refractivity contribution in [2.45, 2.75) is 25.4 Å². The Morgan fingerprint density at radius 3 is 3.06 bits per heavy atom. The molecular formula is C12H12BrN3OS. The molecule has 4 nitrogen and oxygen atoms in total. The van der Waals surface area contributed by atoms with E-state index in [0.29, 0.717) is 10.5 Å². The van der Waals surface area contributed by atoms with Crippen molar-refractivity contribution in [3.8, 4) is 0 Å². The summed E-state index contributed by atoms with van der Waals surface area (Å²) < 4.78 is 0.520. The quantitative estimate of drug-likeness (QED) is 0.940. The molecule has 18 heavy (non-hydrogen) atoms. The number of H-pyrrole nitrogens is 1. The number of rotatable bonds is 4. The molecule has 0 radical (unpaired) electrons. The van der Waals surface area contributed by atoms with Crippen molar-refractivity contribution < 1.29 is 0 Å². The molecule has 0 amide bonds. The number of thiophene rings is 1. The maximum atomic E-state index is 11.6. The number of aromatic amines is 1. The molecule has 2 aromatic rings. The zero-order chi connectivity index (χ0) is 12.5. The largest absolute Gasteiger partial charge is 0.348 e. The Labute approximate surface area is 117 Å². The zero-order valence-corrected chi connectivity index (χ0v) is 12.0. The van der Waals surface area contributed by atoms with E-state index >= 15 is 0 Å². The molecule has 6 heteroatoms. The molecule has 0 aromatic carbocycles. The Bertz CT molecular complexity index is 592. The van der Waals surface area contributed by atoms with Gasteiger partial charge in [0.2, 0.25) is 0 Å². The van der Waals surface area contributed by atoms with Gasteiger partial charge in [-0.05, 0) is 51.2 Å². The number of anilines is 1. The van der Waals surface area contributed by atoms with Gasteiger partial charge < -0.3 is 9.88 Å². The van der Waals surface area contributed by atoms with Gasteiger partial charge in [-0.1, -0.05) is 0 Å². The summed E-state index contributed by atoms with van der Waals surface area (Å²) in [5.74, 6) is 0.743. The number of aromatic nitrogens is 2. The van der Waals surface area contributed by atoms with Crippen LogP contribution in [0.1, 0.15) is 18.4 Å². The molecule has 0 aliphatic heterocycles. The smallest absolute Gasteiger partial charge is 0.267 e. The number of hydrogen-bond donors (Lipinski definition) is 1. The monoisotopic (exact) mass is 325 g/mol. The average Bonchev–Trinajstić information content (AvgIpc) is 3.08. The Hall–Kier alpha value is -1.14. The Kier molecular flexibility index (Phi) is 3.22. The lowest BCUT2D eigenvalue weighted by Crippen LogP contribution is -2.28. The van der Waals surface area contributed by atoms with E-state index in [9.17, 15) is 4.79 Å². The second-order valence-electron chi connectivity index (χ2n) is 4.36. The molecule has 1 saturated carbocycles. The van der Waals surface area contributed by atoms with Crippen molar-refractivity contribution in [2.75, 3.05) is 4.90 Å². The van der Waals surface area contributed by atoms with Crippen molar-refractivity contribution in [1.82, 2.24) is 9.97 Å². The first-order valence-electron chi connectivity index (χ1n) is 5.76. The first-order valence-corrected chi connectivity index (χ1v) is 7.50. The van der Waals surface area contributed by atoms with E-state index in [1.54, 1.807) is 11.3 Å². The van der Waals surface area contributed by atoms with E-state index in [2.05, 4.69) is 47.6 Å². The van der Waals surface area contributed by atoms with Gasteiger partial charge in [0.1, 0.15) is 4.47 Å². The van der Waals surface area contributed by atoms with Gasteiger partial charge in [-0.2, -0.15) is 11.3 Å². The highest BCUT2D eigenvalue weighted by Crippen LogP contribution is 2.34. The summed E-state index contributed by atoms with van der Waals surface area (Å²) in [4.78, 5) is 20.7. The van der Waals surface area contributed by atoms with Crippen molar-refractivity contribution in [3.05, 3.63) is 43.5 Å². The zero-order valence-electron chi connectivity index (χ0n) is 9.60. The highest BCUT2D eigenvalue weighted by atomic mass is 79.9. The van der Waals surface area contributed by atoms with E-state index in [0.717, 1.165) is 12.4 Å². The van der Waals surface area contributed by atoms with Crippen LogP contribution < -0.4 is 10.5 Å². The molecular weight excluding hydrogens is 314 g/mol. The number of nitrogens with one attached hydrogen (secondary N) is 1. The topological polar surface area (TPSA) is 49.0 Å². The van der Waals surface area contributed by atoms with Crippen LogP contribution in [-0.2, 0) is 6.54 Å². The van der Waals surface area contributed by atoms with Crippen LogP contribution in [0.4, 0.5) is 5.82 Å². The molecule has 0 spiro atoms. The normalized spacial score (nSPS) is 14.7. The molecule has 3 rings (SSSR count). The number of nitrogens with zero attached hydrogens (tertiary/aromatic N) is 2. The lowest BCUT2D eigenvalue weighted by Gasteiger charge is -2.23. The summed E-state index contributed by atoms with van der Waals surface area (Å²) in [5.41, 5.74) is 1.14. The lowest BCUT2D eigenvalue weighted by atomic mass is 10.3. The Morgan fingerprint density at radius 2 is 2.39 bits per heavy atom. The fraction of sp³-hybridized carbons (Fsp3) is 0.333. The Balaban J connectivity index is 1.94. The van der Waals surface area contributed by atoms with Crippen molar-refractivity contribution >= 4 is 33.1 Å². The first-order chi connectivity index (χ1) is 8.75. The van der Waals surface area contributed by atoms with Gasteiger partial charge >= 0.3 is 0 Å². The third-order valence-electron chi connectivity index (χ3n) is 2.97. The van der Waals surface area contributed by atoms with Crippen LogP contribution in [0.5, 0.6) is 0 Å². The van der Waals surface area contributed by atoms with Gasteiger partial charge in [0.15, 0.2) is 5.82 Å². The molecule has 0 bridgehead atoms. The maximum Gasteiger partial charge on any atom is 0.267 e. The first kappa shape index (κ1) is 11.9. The number of hydrogen-bond acceptors (Lipinski definition) is 4. The molecule has 1 N–H and O–H groups in total. The van der Waals surface area contributed by atoms with Crippen LogP contribution in [0.25, 0.3) is 0 Å². The molecule has 1 fully saturated rings. The molecule has 94 valence electrons. The molecule has 0 atom stereocenters. The van der Waals surface area contributed by atoms with Crippen molar-refractivity contribution in [1.29, 1.82) is 0 Å². The van der Waals surface area contributed by atoms with Crippen LogP contribution in [-0.4, -0.2) is 16.0 Å². The summed E-state index contributed by atoms with van der Waals surface area (Å²) >= 11 is 5.03. The fourth-order valence-corrected chi connectivity index (χ4v) is 3.02. The predicted octanol–water partition coefficient (Wildman–Crippen LogP) is 2.76. The van der Waals surface area contributed by atoms with Crippen LogP contribution in [0, 0.1) is 0 Å². The van der Waals surface area contributed by atoms with E-state index in [-0.39, 0.29) is 5.56 Å². The van der Waals surface area contributed by atoms with Gasteiger partial charge in [-0.15, -0.1) is 0 Å². The maximum absolute atomic E-state index is 11.6. The van der Waals surface area contributed by atoms with Gasteiger partial charge in [-0.3, -0.25) is 4.79 Å². The molecule has 0 unspecified atom stereocenters. The molecule has 2 heterocycles. The lowest BCUT2D eigenvalue weighted by molar-refractivity contribution is 0.772.